The Morgan fingerprint density at radius 2 is 1.92 bits per heavy atom. The Morgan fingerprint density at radius 3 is 2.25 bits per heavy atom. The molecule has 0 rings (SSSR count). The maximum absolute atomic E-state index is 8.28. The number of hydrogen-bond donors (Lipinski definition) is 0. The Hall–Kier alpha value is -1.36. The summed E-state index contributed by atoms with van der Waals surface area (Å²) in [6.45, 7) is 11.1. The van der Waals surface area contributed by atoms with Gasteiger partial charge in [0.15, 0.2) is 0 Å². The zero-order valence-corrected chi connectivity index (χ0v) is 8.26. The SMILES string of the molecule is C=C/C(C)=C\N=C(C)C#N.CC. The van der Waals surface area contributed by atoms with Gasteiger partial charge in [-0.1, -0.05) is 26.5 Å². The highest BCUT2D eigenvalue weighted by Crippen LogP contribution is 1.92. The molecule has 0 radical (unpaired) electrons. The normalized spacial score (nSPS) is 10.9. The van der Waals surface area contributed by atoms with E-state index in [0.29, 0.717) is 5.71 Å². The minimum atomic E-state index is 0.459. The summed E-state index contributed by atoms with van der Waals surface area (Å²) in [6.07, 6.45) is 3.31. The summed E-state index contributed by atoms with van der Waals surface area (Å²) in [5.41, 5.74) is 1.41. The number of hydrogen-bond acceptors (Lipinski definition) is 2. The van der Waals surface area contributed by atoms with Crippen molar-refractivity contribution in [3.8, 4) is 6.07 Å². The van der Waals surface area contributed by atoms with Gasteiger partial charge in [-0.2, -0.15) is 5.26 Å². The van der Waals surface area contributed by atoms with E-state index in [1.54, 1.807) is 19.2 Å². The lowest BCUT2D eigenvalue weighted by atomic mass is 10.3. The smallest absolute Gasteiger partial charge is 0.115 e. The fraction of sp³-hybridized carbons (Fsp3) is 0.400. The van der Waals surface area contributed by atoms with E-state index in [2.05, 4.69) is 11.6 Å². The molecule has 0 aliphatic carbocycles. The molecule has 2 nitrogen and oxygen atoms in total. The maximum Gasteiger partial charge on any atom is 0.115 e. The van der Waals surface area contributed by atoms with E-state index in [9.17, 15) is 0 Å². The number of rotatable bonds is 2. The third kappa shape index (κ3) is 8.64. The molecule has 0 unspecified atom stereocenters. The van der Waals surface area contributed by atoms with Gasteiger partial charge in [0.2, 0.25) is 0 Å². The molecule has 0 spiro atoms. The summed E-state index contributed by atoms with van der Waals surface area (Å²) < 4.78 is 0. The van der Waals surface area contributed by atoms with Crippen LogP contribution in [0.15, 0.2) is 29.4 Å². The van der Waals surface area contributed by atoms with Crippen molar-refractivity contribution in [3.05, 3.63) is 24.4 Å². The van der Waals surface area contributed by atoms with E-state index < -0.39 is 0 Å². The second kappa shape index (κ2) is 9.64. The second-order valence-electron chi connectivity index (χ2n) is 1.90. The molecule has 0 N–H and O–H groups in total. The van der Waals surface area contributed by atoms with Crippen LogP contribution in [-0.4, -0.2) is 5.71 Å². The van der Waals surface area contributed by atoms with Crippen molar-refractivity contribution >= 4 is 5.71 Å². The molecule has 0 bridgehead atoms. The van der Waals surface area contributed by atoms with E-state index in [1.165, 1.54) is 0 Å². The van der Waals surface area contributed by atoms with E-state index >= 15 is 0 Å². The van der Waals surface area contributed by atoms with Crippen molar-refractivity contribution in [2.45, 2.75) is 27.7 Å². The van der Waals surface area contributed by atoms with Crippen LogP contribution in [0.3, 0.4) is 0 Å². The highest BCUT2D eigenvalue weighted by molar-refractivity contribution is 5.96. The van der Waals surface area contributed by atoms with Gasteiger partial charge in [-0.25, -0.2) is 0 Å². The summed E-state index contributed by atoms with van der Waals surface area (Å²) in [4.78, 5) is 3.84. The molecule has 0 atom stereocenters. The van der Waals surface area contributed by atoms with E-state index in [1.807, 2.05) is 26.8 Å². The quantitative estimate of drug-likeness (QED) is 0.456. The highest BCUT2D eigenvalue weighted by atomic mass is 14.7. The minimum absolute atomic E-state index is 0.459. The van der Waals surface area contributed by atoms with Gasteiger partial charge in [-0.3, -0.25) is 4.99 Å². The predicted octanol–water partition coefficient (Wildman–Crippen LogP) is 3.09. The van der Waals surface area contributed by atoms with E-state index in [4.69, 9.17) is 5.26 Å². The second-order valence-corrected chi connectivity index (χ2v) is 1.90. The Balaban J connectivity index is 0. The summed E-state index contributed by atoms with van der Waals surface area (Å²) in [5.74, 6) is 0. The lowest BCUT2D eigenvalue weighted by Gasteiger charge is -1.84. The summed E-state index contributed by atoms with van der Waals surface area (Å²) in [7, 11) is 0. The van der Waals surface area contributed by atoms with Crippen LogP contribution in [0.1, 0.15) is 27.7 Å². The van der Waals surface area contributed by atoms with E-state index in [-0.39, 0.29) is 0 Å². The third-order valence-electron chi connectivity index (χ3n) is 0.946. The van der Waals surface area contributed by atoms with Crippen molar-refractivity contribution in [2.24, 2.45) is 4.99 Å². The molecule has 0 saturated carbocycles. The molecule has 0 heterocycles. The Morgan fingerprint density at radius 1 is 1.42 bits per heavy atom. The van der Waals surface area contributed by atoms with Crippen LogP contribution in [0.2, 0.25) is 0 Å². The summed E-state index contributed by atoms with van der Waals surface area (Å²) in [5, 5.41) is 8.28. The Labute approximate surface area is 74.9 Å². The number of nitriles is 1. The number of nitrogens with zero attached hydrogens (tertiary/aromatic N) is 2. The van der Waals surface area contributed by atoms with Crippen LogP contribution >= 0.6 is 0 Å². The average molecular weight is 164 g/mol. The van der Waals surface area contributed by atoms with Gasteiger partial charge in [0.1, 0.15) is 11.8 Å². The predicted molar refractivity (Wildman–Crippen MR) is 54.0 cm³/mol. The van der Waals surface area contributed by atoms with Crippen molar-refractivity contribution in [3.63, 3.8) is 0 Å². The molecule has 12 heavy (non-hydrogen) atoms. The molecular weight excluding hydrogens is 148 g/mol. The standard InChI is InChI=1S/C8H10N2.C2H6/c1-4-7(2)6-10-8(3)5-9;1-2/h4,6H,1H2,2-3H3;1-2H3/b7-6-,10-8?;. The zero-order chi connectivity index (χ0) is 9.98. The molecule has 0 aliphatic rings. The first-order valence-corrected chi connectivity index (χ1v) is 3.94. The lowest BCUT2D eigenvalue weighted by molar-refractivity contribution is 1.42. The van der Waals surface area contributed by atoms with Gasteiger partial charge in [-0.05, 0) is 19.4 Å². The van der Waals surface area contributed by atoms with Crippen molar-refractivity contribution < 1.29 is 0 Å². The molecule has 66 valence electrons. The van der Waals surface area contributed by atoms with Gasteiger partial charge in [0.05, 0.1) is 0 Å². The Bertz CT molecular complexity index is 216. The van der Waals surface area contributed by atoms with Crippen LogP contribution in [0.5, 0.6) is 0 Å². The van der Waals surface area contributed by atoms with Crippen LogP contribution in [0, 0.1) is 11.3 Å². The van der Waals surface area contributed by atoms with Gasteiger partial charge >= 0.3 is 0 Å². The zero-order valence-electron chi connectivity index (χ0n) is 8.26. The van der Waals surface area contributed by atoms with Gasteiger partial charge < -0.3 is 0 Å². The monoisotopic (exact) mass is 164 g/mol. The van der Waals surface area contributed by atoms with Crippen LogP contribution in [-0.2, 0) is 0 Å². The Kier molecular flexibility index (Phi) is 10.6. The van der Waals surface area contributed by atoms with Crippen molar-refractivity contribution in [1.82, 2.24) is 0 Å². The lowest BCUT2D eigenvalue weighted by Crippen LogP contribution is -1.80. The fourth-order valence-electron chi connectivity index (χ4n) is 0.280. The van der Waals surface area contributed by atoms with Gasteiger partial charge in [-0.15, -0.1) is 0 Å². The van der Waals surface area contributed by atoms with Gasteiger partial charge in [0.25, 0.3) is 0 Å². The number of aliphatic imine (C=N–C) groups is 1. The molecule has 0 amide bonds. The van der Waals surface area contributed by atoms with Crippen LogP contribution in [0.4, 0.5) is 0 Å². The van der Waals surface area contributed by atoms with Gasteiger partial charge in [0, 0.05) is 6.20 Å². The average Bonchev–Trinajstić information content (AvgIpc) is 2.16. The summed E-state index contributed by atoms with van der Waals surface area (Å²) >= 11 is 0. The first kappa shape index (κ1) is 13.2. The first-order valence-electron chi connectivity index (χ1n) is 3.94. The molecule has 0 aromatic carbocycles. The topological polar surface area (TPSA) is 36.1 Å². The minimum Gasteiger partial charge on any atom is -0.250 e. The fourth-order valence-corrected chi connectivity index (χ4v) is 0.280. The molecule has 0 aromatic rings. The molecule has 0 fully saturated rings. The van der Waals surface area contributed by atoms with Crippen molar-refractivity contribution in [2.75, 3.05) is 0 Å². The summed E-state index contributed by atoms with van der Waals surface area (Å²) in [6, 6.07) is 1.92. The largest absolute Gasteiger partial charge is 0.250 e. The molecule has 0 aromatic heterocycles. The molecule has 0 saturated heterocycles. The molecule has 0 aliphatic heterocycles. The molecular formula is C10H16N2. The van der Waals surface area contributed by atoms with Crippen LogP contribution < -0.4 is 0 Å². The van der Waals surface area contributed by atoms with Crippen LogP contribution in [0.25, 0.3) is 0 Å². The van der Waals surface area contributed by atoms with E-state index in [0.717, 1.165) is 5.57 Å². The number of allylic oxidation sites excluding steroid dienone is 2. The first-order chi connectivity index (χ1) is 5.70. The third-order valence-corrected chi connectivity index (χ3v) is 0.946. The molecule has 2 heteroatoms. The maximum atomic E-state index is 8.28. The van der Waals surface area contributed by atoms with Crippen molar-refractivity contribution in [1.29, 1.82) is 5.26 Å². The highest BCUT2D eigenvalue weighted by Gasteiger charge is 1.80.